The summed E-state index contributed by atoms with van der Waals surface area (Å²) in [6.45, 7) is 2.17. The monoisotopic (exact) mass is 219 g/mol. The van der Waals surface area contributed by atoms with E-state index in [-0.39, 0.29) is 6.42 Å². The summed E-state index contributed by atoms with van der Waals surface area (Å²) in [4.78, 5) is 10.9. The number of nitrogens with two attached hydrogens (primary N) is 1. The molecule has 0 aromatic heterocycles. The van der Waals surface area contributed by atoms with E-state index in [1.165, 1.54) is 5.56 Å². The lowest BCUT2D eigenvalue weighted by atomic mass is 9.71. The van der Waals surface area contributed by atoms with Gasteiger partial charge in [-0.3, -0.25) is 4.79 Å². The number of hydrogen-bond donors (Lipinski definition) is 2. The van der Waals surface area contributed by atoms with Gasteiger partial charge in [0.15, 0.2) is 0 Å². The number of fused-ring (bicyclic) bond motifs is 1. The molecule has 0 fully saturated rings. The SMILES string of the molecule is CC1CCC(N)(CC(=O)O)c2ccccc21. The molecule has 0 spiro atoms. The minimum absolute atomic E-state index is 0.0106. The van der Waals surface area contributed by atoms with Gasteiger partial charge in [0.25, 0.3) is 0 Å². The van der Waals surface area contributed by atoms with Crippen molar-refractivity contribution in [2.24, 2.45) is 5.73 Å². The van der Waals surface area contributed by atoms with Crippen molar-refractivity contribution in [3.63, 3.8) is 0 Å². The molecule has 0 radical (unpaired) electrons. The van der Waals surface area contributed by atoms with Gasteiger partial charge in [-0.05, 0) is 29.9 Å². The quantitative estimate of drug-likeness (QED) is 0.801. The van der Waals surface area contributed by atoms with Gasteiger partial charge in [0.2, 0.25) is 0 Å². The third-order valence-corrected chi connectivity index (χ3v) is 3.52. The first kappa shape index (κ1) is 11.1. The van der Waals surface area contributed by atoms with Crippen LogP contribution in [-0.4, -0.2) is 11.1 Å². The fraction of sp³-hybridized carbons (Fsp3) is 0.462. The number of benzene rings is 1. The normalized spacial score (nSPS) is 28.5. The third kappa shape index (κ3) is 1.83. The van der Waals surface area contributed by atoms with Crippen molar-refractivity contribution in [1.82, 2.24) is 0 Å². The van der Waals surface area contributed by atoms with Crippen molar-refractivity contribution in [1.29, 1.82) is 0 Å². The number of carbonyl (C=O) groups is 1. The Hall–Kier alpha value is -1.35. The molecule has 86 valence electrons. The summed E-state index contributed by atoms with van der Waals surface area (Å²) < 4.78 is 0. The van der Waals surface area contributed by atoms with Crippen LogP contribution in [0.25, 0.3) is 0 Å². The molecule has 2 unspecified atom stereocenters. The first-order valence-electron chi connectivity index (χ1n) is 5.63. The highest BCUT2D eigenvalue weighted by Crippen LogP contribution is 2.41. The number of carboxylic acids is 1. The van der Waals surface area contributed by atoms with Crippen molar-refractivity contribution in [3.05, 3.63) is 35.4 Å². The van der Waals surface area contributed by atoms with Gasteiger partial charge in [-0.25, -0.2) is 0 Å². The average Bonchev–Trinajstić information content (AvgIpc) is 2.24. The molecule has 0 amide bonds. The molecule has 0 saturated heterocycles. The highest BCUT2D eigenvalue weighted by molar-refractivity contribution is 5.69. The smallest absolute Gasteiger partial charge is 0.305 e. The van der Waals surface area contributed by atoms with Gasteiger partial charge in [0.1, 0.15) is 0 Å². The van der Waals surface area contributed by atoms with Gasteiger partial charge in [-0.1, -0.05) is 31.2 Å². The van der Waals surface area contributed by atoms with E-state index in [1.807, 2.05) is 18.2 Å². The molecule has 3 N–H and O–H groups in total. The molecule has 3 nitrogen and oxygen atoms in total. The summed E-state index contributed by atoms with van der Waals surface area (Å²) in [5, 5.41) is 8.94. The van der Waals surface area contributed by atoms with Crippen LogP contribution in [-0.2, 0) is 10.3 Å². The average molecular weight is 219 g/mol. The second-order valence-corrected chi connectivity index (χ2v) is 4.75. The van der Waals surface area contributed by atoms with E-state index in [0.29, 0.717) is 5.92 Å². The number of hydrogen-bond acceptors (Lipinski definition) is 2. The number of rotatable bonds is 2. The summed E-state index contributed by atoms with van der Waals surface area (Å²) in [5.41, 5.74) is 7.78. The zero-order chi connectivity index (χ0) is 11.8. The molecule has 0 bridgehead atoms. The number of aliphatic carboxylic acids is 1. The highest BCUT2D eigenvalue weighted by atomic mass is 16.4. The van der Waals surface area contributed by atoms with Crippen molar-refractivity contribution >= 4 is 5.97 Å². The standard InChI is InChI=1S/C13H17NO2/c1-9-6-7-13(14,8-12(15)16)11-5-3-2-4-10(9)11/h2-5,9H,6-8,14H2,1H3,(H,15,16). The molecule has 2 atom stereocenters. The Labute approximate surface area is 95.3 Å². The van der Waals surface area contributed by atoms with E-state index in [9.17, 15) is 4.79 Å². The van der Waals surface area contributed by atoms with Crippen LogP contribution in [0.1, 0.15) is 43.2 Å². The Balaban J connectivity index is 2.45. The summed E-state index contributed by atoms with van der Waals surface area (Å²) in [5.74, 6) is -0.353. The van der Waals surface area contributed by atoms with Crippen molar-refractivity contribution in [3.8, 4) is 0 Å². The second-order valence-electron chi connectivity index (χ2n) is 4.75. The lowest BCUT2D eigenvalue weighted by molar-refractivity contribution is -0.138. The van der Waals surface area contributed by atoms with Crippen molar-refractivity contribution in [2.75, 3.05) is 0 Å². The maximum absolute atomic E-state index is 10.9. The Morgan fingerprint density at radius 1 is 1.56 bits per heavy atom. The minimum atomic E-state index is -0.827. The lowest BCUT2D eigenvalue weighted by Crippen LogP contribution is -2.42. The van der Waals surface area contributed by atoms with Gasteiger partial charge >= 0.3 is 5.97 Å². The molecule has 0 aliphatic heterocycles. The van der Waals surface area contributed by atoms with E-state index in [2.05, 4.69) is 13.0 Å². The lowest BCUT2D eigenvalue weighted by Gasteiger charge is -2.37. The summed E-state index contributed by atoms with van der Waals surface area (Å²) in [7, 11) is 0. The van der Waals surface area contributed by atoms with E-state index in [1.54, 1.807) is 0 Å². The van der Waals surface area contributed by atoms with Crippen LogP contribution < -0.4 is 5.73 Å². The van der Waals surface area contributed by atoms with Gasteiger partial charge in [-0.15, -0.1) is 0 Å². The third-order valence-electron chi connectivity index (χ3n) is 3.52. The van der Waals surface area contributed by atoms with Crippen molar-refractivity contribution in [2.45, 2.75) is 37.6 Å². The van der Waals surface area contributed by atoms with Gasteiger partial charge < -0.3 is 10.8 Å². The Bertz CT molecular complexity index is 416. The molecule has 1 aromatic rings. The molecule has 16 heavy (non-hydrogen) atoms. The van der Waals surface area contributed by atoms with E-state index in [4.69, 9.17) is 10.8 Å². The first-order chi connectivity index (χ1) is 7.53. The zero-order valence-corrected chi connectivity index (χ0v) is 9.44. The van der Waals surface area contributed by atoms with Gasteiger partial charge in [0, 0.05) is 0 Å². The molecule has 0 heterocycles. The highest BCUT2D eigenvalue weighted by Gasteiger charge is 2.36. The predicted molar refractivity (Wildman–Crippen MR) is 62.2 cm³/mol. The fourth-order valence-corrected chi connectivity index (χ4v) is 2.60. The van der Waals surface area contributed by atoms with Crippen LogP contribution in [0.4, 0.5) is 0 Å². The summed E-state index contributed by atoms with van der Waals surface area (Å²) in [6.07, 6.45) is 1.72. The molecule has 1 aromatic carbocycles. The van der Waals surface area contributed by atoms with Crippen LogP contribution in [0.15, 0.2) is 24.3 Å². The molecule has 2 rings (SSSR count). The molecule has 1 aliphatic carbocycles. The van der Waals surface area contributed by atoms with E-state index >= 15 is 0 Å². The van der Waals surface area contributed by atoms with Gasteiger partial charge in [0.05, 0.1) is 12.0 Å². The van der Waals surface area contributed by atoms with Crippen LogP contribution in [0.2, 0.25) is 0 Å². The Morgan fingerprint density at radius 2 is 2.25 bits per heavy atom. The molecule has 1 aliphatic rings. The van der Waals surface area contributed by atoms with Crippen molar-refractivity contribution < 1.29 is 9.90 Å². The maximum Gasteiger partial charge on any atom is 0.305 e. The van der Waals surface area contributed by atoms with Gasteiger partial charge in [-0.2, -0.15) is 0 Å². The largest absolute Gasteiger partial charge is 0.481 e. The van der Waals surface area contributed by atoms with Crippen LogP contribution >= 0.6 is 0 Å². The molecule has 3 heteroatoms. The fourth-order valence-electron chi connectivity index (χ4n) is 2.60. The molecule has 0 saturated carbocycles. The number of carboxylic acid groups (broad SMARTS) is 1. The summed E-state index contributed by atoms with van der Waals surface area (Å²) >= 11 is 0. The maximum atomic E-state index is 10.9. The zero-order valence-electron chi connectivity index (χ0n) is 9.44. The molecular formula is C13H17NO2. The summed E-state index contributed by atoms with van der Waals surface area (Å²) in [6, 6.07) is 7.94. The van der Waals surface area contributed by atoms with Crippen LogP contribution in [0.3, 0.4) is 0 Å². The Kier molecular flexibility index (Phi) is 2.72. The predicted octanol–water partition coefficient (Wildman–Crippen LogP) is 2.21. The molecular weight excluding hydrogens is 202 g/mol. The first-order valence-corrected chi connectivity index (χ1v) is 5.63. The van der Waals surface area contributed by atoms with Crippen LogP contribution in [0.5, 0.6) is 0 Å². The van der Waals surface area contributed by atoms with Crippen LogP contribution in [0, 0.1) is 0 Å². The Morgan fingerprint density at radius 3 is 2.94 bits per heavy atom. The van der Waals surface area contributed by atoms with E-state index < -0.39 is 11.5 Å². The topological polar surface area (TPSA) is 63.3 Å². The van der Waals surface area contributed by atoms with E-state index in [0.717, 1.165) is 18.4 Å². The minimum Gasteiger partial charge on any atom is -0.481 e. The second kappa shape index (κ2) is 3.91.